The number of carbonyl (C=O) groups excluding carboxylic acids is 1. The maximum absolute atomic E-state index is 12.0. The van der Waals surface area contributed by atoms with Crippen molar-refractivity contribution >= 4 is 40.6 Å². The van der Waals surface area contributed by atoms with Crippen LogP contribution in [0.2, 0.25) is 15.1 Å². The summed E-state index contributed by atoms with van der Waals surface area (Å²) in [4.78, 5) is 12.0. The number of carbonyl (C=O) groups is 1. The van der Waals surface area contributed by atoms with Crippen molar-refractivity contribution in [2.45, 2.75) is 6.42 Å². The Morgan fingerprint density at radius 2 is 1.76 bits per heavy atom. The lowest BCUT2D eigenvalue weighted by atomic mass is 10.1. The van der Waals surface area contributed by atoms with E-state index in [-0.39, 0.29) is 10.8 Å². The van der Waals surface area contributed by atoms with E-state index in [1.807, 2.05) is 21.1 Å². The second kappa shape index (κ2) is 5.57. The normalized spacial score (nSPS) is 11.6. The summed E-state index contributed by atoms with van der Waals surface area (Å²) in [5.41, 5.74) is 0.401. The third kappa shape index (κ3) is 4.47. The molecule has 2 nitrogen and oxygen atoms in total. The summed E-state index contributed by atoms with van der Waals surface area (Å²) in [6.07, 6.45) is 0.417. The number of quaternary nitrogens is 1. The zero-order valence-electron chi connectivity index (χ0n) is 10.1. The van der Waals surface area contributed by atoms with Crippen LogP contribution in [0.25, 0.3) is 0 Å². The molecule has 1 rings (SSSR count). The summed E-state index contributed by atoms with van der Waals surface area (Å²) < 4.78 is 0.720. The van der Waals surface area contributed by atoms with Gasteiger partial charge in [-0.05, 0) is 12.1 Å². The van der Waals surface area contributed by atoms with Crippen LogP contribution < -0.4 is 0 Å². The lowest BCUT2D eigenvalue weighted by Gasteiger charge is -2.23. The van der Waals surface area contributed by atoms with Crippen molar-refractivity contribution in [3.05, 3.63) is 32.8 Å². The molecule has 0 aromatic heterocycles. The second-order valence-corrected chi connectivity index (χ2v) is 6.16. The third-order valence-corrected chi connectivity index (χ3v) is 3.32. The largest absolute Gasteiger partial charge is 0.331 e. The quantitative estimate of drug-likeness (QED) is 0.467. The smallest absolute Gasteiger partial charge is 0.170 e. The SMILES string of the molecule is C[N+](C)(C)CCC(=O)c1cc(Cl)cc(Cl)c1Cl. The van der Waals surface area contributed by atoms with E-state index in [1.165, 1.54) is 6.07 Å². The molecule has 0 radical (unpaired) electrons. The van der Waals surface area contributed by atoms with Gasteiger partial charge in [-0.2, -0.15) is 0 Å². The highest BCUT2D eigenvalue weighted by Gasteiger charge is 2.17. The molecule has 0 spiro atoms. The number of Topliss-reactive ketones (excluding diaryl/α,β-unsaturated/α-hetero) is 1. The maximum Gasteiger partial charge on any atom is 0.170 e. The Labute approximate surface area is 117 Å². The molecule has 1 aromatic carbocycles. The van der Waals surface area contributed by atoms with Crippen LogP contribution in [0.15, 0.2) is 12.1 Å². The number of nitrogens with zero attached hydrogens (tertiary/aromatic N) is 1. The van der Waals surface area contributed by atoms with Crippen molar-refractivity contribution in [2.75, 3.05) is 27.7 Å². The van der Waals surface area contributed by atoms with Gasteiger partial charge in [0.2, 0.25) is 0 Å². The molecule has 0 atom stereocenters. The van der Waals surface area contributed by atoms with E-state index in [2.05, 4.69) is 0 Å². The zero-order chi connectivity index (χ0) is 13.2. The predicted molar refractivity (Wildman–Crippen MR) is 73.3 cm³/mol. The monoisotopic (exact) mass is 294 g/mol. The minimum Gasteiger partial charge on any atom is -0.331 e. The first-order valence-electron chi connectivity index (χ1n) is 5.19. The van der Waals surface area contributed by atoms with E-state index >= 15 is 0 Å². The maximum atomic E-state index is 12.0. The fourth-order valence-electron chi connectivity index (χ4n) is 1.33. The lowest BCUT2D eigenvalue weighted by Crippen LogP contribution is -2.36. The van der Waals surface area contributed by atoms with Gasteiger partial charge in [0.25, 0.3) is 0 Å². The van der Waals surface area contributed by atoms with E-state index in [9.17, 15) is 4.79 Å². The molecule has 94 valence electrons. The van der Waals surface area contributed by atoms with Gasteiger partial charge in [0.1, 0.15) is 0 Å². The molecule has 0 unspecified atom stereocenters. The Bertz CT molecular complexity index is 438. The Morgan fingerprint density at radius 3 is 2.29 bits per heavy atom. The van der Waals surface area contributed by atoms with E-state index in [4.69, 9.17) is 34.8 Å². The van der Waals surface area contributed by atoms with Crippen LogP contribution in [0.1, 0.15) is 16.8 Å². The van der Waals surface area contributed by atoms with Crippen molar-refractivity contribution < 1.29 is 9.28 Å². The number of hydrogen-bond acceptors (Lipinski definition) is 1. The van der Waals surface area contributed by atoms with E-state index in [1.54, 1.807) is 6.07 Å². The molecule has 0 fully saturated rings. The number of halogens is 3. The number of rotatable bonds is 4. The number of benzene rings is 1. The molecule has 0 aliphatic heterocycles. The summed E-state index contributed by atoms with van der Waals surface area (Å²) in [6.45, 7) is 0.735. The minimum atomic E-state index is -0.0348. The molecule has 0 aliphatic rings. The highest BCUT2D eigenvalue weighted by Crippen LogP contribution is 2.30. The molecule has 0 bridgehead atoms. The highest BCUT2D eigenvalue weighted by atomic mass is 35.5. The fraction of sp³-hybridized carbons (Fsp3) is 0.417. The number of hydrogen-bond donors (Lipinski definition) is 0. The third-order valence-electron chi connectivity index (χ3n) is 2.30. The van der Waals surface area contributed by atoms with Crippen LogP contribution in [0.3, 0.4) is 0 Å². The van der Waals surface area contributed by atoms with Crippen molar-refractivity contribution in [2.24, 2.45) is 0 Å². The Balaban J connectivity index is 2.90. The van der Waals surface area contributed by atoms with E-state index in [0.717, 1.165) is 11.0 Å². The van der Waals surface area contributed by atoms with E-state index in [0.29, 0.717) is 22.0 Å². The van der Waals surface area contributed by atoms with Gasteiger partial charge in [-0.1, -0.05) is 34.8 Å². The molecular weight excluding hydrogens is 280 g/mol. The average molecular weight is 296 g/mol. The number of ketones is 1. The van der Waals surface area contributed by atoms with Crippen molar-refractivity contribution in [3.8, 4) is 0 Å². The van der Waals surface area contributed by atoms with E-state index < -0.39 is 0 Å². The minimum absolute atomic E-state index is 0.0348. The van der Waals surface area contributed by atoms with Gasteiger partial charge in [-0.15, -0.1) is 0 Å². The highest BCUT2D eigenvalue weighted by molar-refractivity contribution is 6.45. The Kier molecular flexibility index (Phi) is 4.85. The van der Waals surface area contributed by atoms with Crippen molar-refractivity contribution in [1.82, 2.24) is 0 Å². The molecule has 0 heterocycles. The molecule has 0 saturated carbocycles. The van der Waals surface area contributed by atoms with Crippen LogP contribution in [-0.4, -0.2) is 38.0 Å². The first kappa shape index (κ1) is 14.8. The Hall–Kier alpha value is -0.280. The van der Waals surface area contributed by atoms with Gasteiger partial charge in [-0.25, -0.2) is 0 Å². The summed E-state index contributed by atoms with van der Waals surface area (Å²) in [6, 6.07) is 3.09. The predicted octanol–water partition coefficient (Wildman–Crippen LogP) is 3.93. The van der Waals surface area contributed by atoms with Gasteiger partial charge in [0, 0.05) is 10.6 Å². The summed E-state index contributed by atoms with van der Waals surface area (Å²) in [5, 5.41) is 1.02. The molecule has 0 aliphatic carbocycles. The fourth-order valence-corrected chi connectivity index (χ4v) is 2.04. The van der Waals surface area contributed by atoms with Crippen LogP contribution in [0, 0.1) is 0 Å². The lowest BCUT2D eigenvalue weighted by molar-refractivity contribution is -0.869. The molecule has 0 N–H and O–H groups in total. The molecular formula is C12H15Cl3NO+. The average Bonchev–Trinajstić information content (AvgIpc) is 2.19. The summed E-state index contributed by atoms with van der Waals surface area (Å²) in [7, 11) is 6.08. The van der Waals surface area contributed by atoms with Gasteiger partial charge in [0.05, 0.1) is 44.2 Å². The van der Waals surface area contributed by atoms with Crippen LogP contribution >= 0.6 is 34.8 Å². The standard InChI is InChI=1S/C12H15Cl3NO/c1-16(2,3)5-4-11(17)9-6-8(13)7-10(14)12(9)15/h6-7H,4-5H2,1-3H3/q+1. The second-order valence-electron chi connectivity index (χ2n) is 4.94. The first-order valence-corrected chi connectivity index (χ1v) is 6.32. The molecule has 17 heavy (non-hydrogen) atoms. The van der Waals surface area contributed by atoms with Crippen LogP contribution in [0.5, 0.6) is 0 Å². The summed E-state index contributed by atoms with van der Waals surface area (Å²) >= 11 is 17.7. The molecule has 0 saturated heterocycles. The van der Waals surface area contributed by atoms with Gasteiger partial charge < -0.3 is 4.48 Å². The molecule has 1 aromatic rings. The summed E-state index contributed by atoms with van der Waals surface area (Å²) in [5.74, 6) is -0.0348. The Morgan fingerprint density at radius 1 is 1.18 bits per heavy atom. The zero-order valence-corrected chi connectivity index (χ0v) is 12.3. The van der Waals surface area contributed by atoms with Crippen molar-refractivity contribution in [3.63, 3.8) is 0 Å². The van der Waals surface area contributed by atoms with Gasteiger partial charge in [-0.3, -0.25) is 4.79 Å². The molecule has 0 amide bonds. The van der Waals surface area contributed by atoms with Gasteiger partial charge in [0.15, 0.2) is 5.78 Å². The van der Waals surface area contributed by atoms with Crippen molar-refractivity contribution in [1.29, 1.82) is 0 Å². The topological polar surface area (TPSA) is 17.1 Å². The van der Waals surface area contributed by atoms with Gasteiger partial charge >= 0.3 is 0 Å². The van der Waals surface area contributed by atoms with Crippen LogP contribution in [0.4, 0.5) is 0 Å². The van der Waals surface area contributed by atoms with Crippen LogP contribution in [-0.2, 0) is 0 Å². The first-order chi connectivity index (χ1) is 7.70. The molecule has 5 heteroatoms.